The molecule has 3 N–H and O–H groups in total. The number of nitrogens with zero attached hydrogens (tertiary/aromatic N) is 2. The fraction of sp³-hybridized carbons (Fsp3) is 0.533. The summed E-state index contributed by atoms with van der Waals surface area (Å²) >= 11 is 0. The molecule has 0 bridgehead atoms. The van der Waals surface area contributed by atoms with E-state index in [1.165, 1.54) is 0 Å². The average molecular weight is 307 g/mol. The van der Waals surface area contributed by atoms with E-state index in [1.807, 2.05) is 32.9 Å². The normalized spacial score (nSPS) is 11.8. The molecule has 122 valence electrons. The predicted molar refractivity (Wildman–Crippen MR) is 86.9 cm³/mol. The first kappa shape index (κ1) is 17.7. The van der Waals surface area contributed by atoms with Gasteiger partial charge in [-0.3, -0.25) is 9.79 Å². The van der Waals surface area contributed by atoms with Gasteiger partial charge in [0.05, 0.1) is 13.7 Å². The van der Waals surface area contributed by atoms with Crippen LogP contribution in [0.25, 0.3) is 0 Å². The van der Waals surface area contributed by atoms with Gasteiger partial charge in [-0.15, -0.1) is 0 Å². The number of methoxy groups -OCH3 is 1. The van der Waals surface area contributed by atoms with Crippen LogP contribution in [0.5, 0.6) is 5.88 Å². The van der Waals surface area contributed by atoms with Crippen molar-refractivity contribution < 1.29 is 9.53 Å². The van der Waals surface area contributed by atoms with Crippen LogP contribution < -0.4 is 20.7 Å². The number of ether oxygens (including phenoxy) is 1. The van der Waals surface area contributed by atoms with Crippen molar-refractivity contribution in [3.63, 3.8) is 0 Å². The molecule has 0 aliphatic carbocycles. The number of aliphatic imine (C=N–C) groups is 1. The summed E-state index contributed by atoms with van der Waals surface area (Å²) in [4.78, 5) is 20.0. The molecule has 0 atom stereocenters. The zero-order valence-electron chi connectivity index (χ0n) is 13.9. The van der Waals surface area contributed by atoms with Gasteiger partial charge in [0.25, 0.3) is 0 Å². The second-order valence-electron chi connectivity index (χ2n) is 5.75. The summed E-state index contributed by atoms with van der Waals surface area (Å²) < 4.78 is 5.19. The molecule has 1 amide bonds. The van der Waals surface area contributed by atoms with Crippen LogP contribution in [0, 0.1) is 0 Å². The van der Waals surface area contributed by atoms with Gasteiger partial charge in [0.1, 0.15) is 0 Å². The number of pyridine rings is 1. The highest BCUT2D eigenvalue weighted by Crippen LogP contribution is 2.12. The van der Waals surface area contributed by atoms with Crippen LogP contribution in [0.15, 0.2) is 23.3 Å². The van der Waals surface area contributed by atoms with E-state index in [2.05, 4.69) is 25.9 Å². The Bertz CT molecular complexity index is 523. The number of guanidine groups is 1. The Morgan fingerprint density at radius 1 is 1.36 bits per heavy atom. The number of rotatable bonds is 5. The number of carbonyl (C=O) groups is 1. The Morgan fingerprint density at radius 3 is 2.68 bits per heavy atom. The van der Waals surface area contributed by atoms with E-state index in [0.717, 1.165) is 5.56 Å². The maximum absolute atomic E-state index is 11.8. The number of hydrogen-bond donors (Lipinski definition) is 3. The van der Waals surface area contributed by atoms with Gasteiger partial charge < -0.3 is 20.7 Å². The lowest BCUT2D eigenvalue weighted by Crippen LogP contribution is -2.48. The zero-order chi connectivity index (χ0) is 16.6. The van der Waals surface area contributed by atoms with Gasteiger partial charge >= 0.3 is 0 Å². The monoisotopic (exact) mass is 307 g/mol. The molecule has 0 saturated heterocycles. The molecule has 0 spiro atoms. The molecule has 0 aliphatic rings. The number of aromatic nitrogens is 1. The third-order valence-corrected chi connectivity index (χ3v) is 2.64. The van der Waals surface area contributed by atoms with E-state index >= 15 is 0 Å². The standard InChI is InChI=1S/C15H25N5O2/c1-15(2,3)20-12(21)10-19-14(16-4)18-9-11-7-6-8-17-13(11)22-5/h6-8H,9-10H2,1-5H3,(H,20,21)(H2,16,18,19). The van der Waals surface area contributed by atoms with Crippen molar-refractivity contribution in [1.29, 1.82) is 0 Å². The highest BCUT2D eigenvalue weighted by molar-refractivity contribution is 5.86. The minimum absolute atomic E-state index is 0.0885. The topological polar surface area (TPSA) is 87.6 Å². The fourth-order valence-corrected chi connectivity index (χ4v) is 1.77. The molecule has 7 heteroatoms. The van der Waals surface area contributed by atoms with Crippen LogP contribution in [-0.4, -0.2) is 43.1 Å². The van der Waals surface area contributed by atoms with Crippen LogP contribution in [0.4, 0.5) is 0 Å². The van der Waals surface area contributed by atoms with E-state index in [1.54, 1.807) is 20.4 Å². The molecule has 0 saturated carbocycles. The van der Waals surface area contributed by atoms with Crippen molar-refractivity contribution in [2.75, 3.05) is 20.7 Å². The van der Waals surface area contributed by atoms with Crippen LogP contribution in [0.3, 0.4) is 0 Å². The molecule has 7 nitrogen and oxygen atoms in total. The summed E-state index contributed by atoms with van der Waals surface area (Å²) in [6, 6.07) is 3.75. The van der Waals surface area contributed by atoms with Gasteiger partial charge in [-0.05, 0) is 26.8 Å². The molecule has 0 radical (unpaired) electrons. The maximum Gasteiger partial charge on any atom is 0.239 e. The van der Waals surface area contributed by atoms with Gasteiger partial charge in [0, 0.05) is 30.9 Å². The van der Waals surface area contributed by atoms with E-state index in [-0.39, 0.29) is 18.0 Å². The molecule has 1 aromatic heterocycles. The summed E-state index contributed by atoms with van der Waals surface area (Å²) in [7, 11) is 3.23. The summed E-state index contributed by atoms with van der Waals surface area (Å²) in [5, 5.41) is 8.96. The van der Waals surface area contributed by atoms with E-state index in [4.69, 9.17) is 4.74 Å². The molecule has 0 aromatic carbocycles. The van der Waals surface area contributed by atoms with Crippen molar-refractivity contribution in [2.45, 2.75) is 32.9 Å². The van der Waals surface area contributed by atoms with Crippen LogP contribution in [-0.2, 0) is 11.3 Å². The Morgan fingerprint density at radius 2 is 2.09 bits per heavy atom. The highest BCUT2D eigenvalue weighted by Gasteiger charge is 2.13. The predicted octanol–water partition coefficient (Wildman–Crippen LogP) is 0.670. The van der Waals surface area contributed by atoms with Gasteiger partial charge in [-0.2, -0.15) is 0 Å². The van der Waals surface area contributed by atoms with Crippen molar-refractivity contribution in [3.8, 4) is 5.88 Å². The third-order valence-electron chi connectivity index (χ3n) is 2.64. The van der Waals surface area contributed by atoms with E-state index in [9.17, 15) is 4.79 Å². The molecular formula is C15H25N5O2. The maximum atomic E-state index is 11.8. The molecule has 1 rings (SSSR count). The largest absolute Gasteiger partial charge is 0.481 e. The summed E-state index contributed by atoms with van der Waals surface area (Å²) in [6.45, 7) is 6.46. The SMILES string of the molecule is CN=C(NCC(=O)NC(C)(C)C)NCc1cccnc1OC. The summed E-state index contributed by atoms with van der Waals surface area (Å²) in [5.74, 6) is 1.01. The van der Waals surface area contributed by atoms with Crippen LogP contribution in [0.2, 0.25) is 0 Å². The second-order valence-corrected chi connectivity index (χ2v) is 5.75. The van der Waals surface area contributed by atoms with Gasteiger partial charge in [0.15, 0.2) is 5.96 Å². The molecule has 0 aliphatic heterocycles. The van der Waals surface area contributed by atoms with Gasteiger partial charge in [-0.1, -0.05) is 6.07 Å². The lowest BCUT2D eigenvalue weighted by atomic mass is 10.1. The number of amides is 1. The lowest BCUT2D eigenvalue weighted by molar-refractivity contribution is -0.121. The Hall–Kier alpha value is -2.31. The van der Waals surface area contributed by atoms with Crippen molar-refractivity contribution in [2.24, 2.45) is 4.99 Å². The smallest absolute Gasteiger partial charge is 0.239 e. The Labute approximate surface area is 131 Å². The highest BCUT2D eigenvalue weighted by atomic mass is 16.5. The molecule has 1 aromatic rings. The fourth-order valence-electron chi connectivity index (χ4n) is 1.77. The molecule has 0 fully saturated rings. The number of nitrogens with one attached hydrogen (secondary N) is 3. The molecular weight excluding hydrogens is 282 g/mol. The van der Waals surface area contributed by atoms with Gasteiger partial charge in [0.2, 0.25) is 11.8 Å². The van der Waals surface area contributed by atoms with E-state index in [0.29, 0.717) is 18.4 Å². The number of carbonyl (C=O) groups excluding carboxylic acids is 1. The first-order valence-electron chi connectivity index (χ1n) is 7.09. The third kappa shape index (κ3) is 6.43. The zero-order valence-corrected chi connectivity index (χ0v) is 13.9. The van der Waals surface area contributed by atoms with Crippen LogP contribution in [0.1, 0.15) is 26.3 Å². The second kappa shape index (κ2) is 8.21. The van der Waals surface area contributed by atoms with E-state index < -0.39 is 0 Å². The Kier molecular flexibility index (Phi) is 6.62. The Balaban J connectivity index is 2.48. The minimum Gasteiger partial charge on any atom is -0.481 e. The van der Waals surface area contributed by atoms with Crippen molar-refractivity contribution >= 4 is 11.9 Å². The van der Waals surface area contributed by atoms with Gasteiger partial charge in [-0.25, -0.2) is 4.98 Å². The quantitative estimate of drug-likeness (QED) is 0.550. The summed E-state index contributed by atoms with van der Waals surface area (Å²) in [6.07, 6.45) is 1.67. The van der Waals surface area contributed by atoms with Crippen LogP contribution >= 0.6 is 0 Å². The molecule has 22 heavy (non-hydrogen) atoms. The molecule has 1 heterocycles. The first-order valence-corrected chi connectivity index (χ1v) is 7.09. The first-order chi connectivity index (χ1) is 10.4. The lowest BCUT2D eigenvalue weighted by Gasteiger charge is -2.21. The summed E-state index contributed by atoms with van der Waals surface area (Å²) in [5.41, 5.74) is 0.658. The average Bonchev–Trinajstić information content (AvgIpc) is 2.46. The molecule has 0 unspecified atom stereocenters. The van der Waals surface area contributed by atoms with Crippen molar-refractivity contribution in [3.05, 3.63) is 23.9 Å². The van der Waals surface area contributed by atoms with Crippen molar-refractivity contribution in [1.82, 2.24) is 20.9 Å². The number of hydrogen-bond acceptors (Lipinski definition) is 4. The minimum atomic E-state index is -0.251.